The summed E-state index contributed by atoms with van der Waals surface area (Å²) in [6, 6.07) is 7.60. The number of aliphatic hydroxyl groups excluding tert-OH is 1. The molecule has 2 aromatic rings. The molecule has 0 saturated carbocycles. The van der Waals surface area contributed by atoms with Crippen LogP contribution >= 0.6 is 11.3 Å². The predicted octanol–water partition coefficient (Wildman–Crippen LogP) is 2.97. The van der Waals surface area contributed by atoms with Crippen molar-refractivity contribution in [1.29, 1.82) is 0 Å². The van der Waals surface area contributed by atoms with Gasteiger partial charge in [0.25, 0.3) is 0 Å². The summed E-state index contributed by atoms with van der Waals surface area (Å²) in [5, 5.41) is 15.5. The number of aryl methyl sites for hydroxylation is 1. The summed E-state index contributed by atoms with van der Waals surface area (Å²) in [6.45, 7) is 2.03. The van der Waals surface area contributed by atoms with Gasteiger partial charge >= 0.3 is 0 Å². The fourth-order valence-electron chi connectivity index (χ4n) is 1.88. The average molecular weight is 299 g/mol. The molecule has 0 spiro atoms. The van der Waals surface area contributed by atoms with E-state index >= 15 is 0 Å². The number of benzene rings is 1. The van der Waals surface area contributed by atoms with E-state index in [1.54, 1.807) is 11.3 Å². The molecule has 4 heteroatoms. The van der Waals surface area contributed by atoms with Gasteiger partial charge in [0.2, 0.25) is 5.91 Å². The number of rotatable bonds is 4. The smallest absolute Gasteiger partial charge is 0.228 e. The molecule has 2 rings (SSSR count). The lowest BCUT2D eigenvalue weighted by Gasteiger charge is -2.06. The highest BCUT2D eigenvalue weighted by Gasteiger charge is 2.05. The van der Waals surface area contributed by atoms with Gasteiger partial charge in [-0.25, -0.2) is 0 Å². The lowest BCUT2D eigenvalue weighted by Crippen LogP contribution is -2.14. The Bertz CT molecular complexity index is 666. The highest BCUT2D eigenvalue weighted by molar-refractivity contribution is 7.08. The molecule has 0 aliphatic heterocycles. The van der Waals surface area contributed by atoms with Crippen molar-refractivity contribution in [2.45, 2.75) is 19.8 Å². The van der Waals surface area contributed by atoms with Crippen molar-refractivity contribution in [3.05, 3.63) is 51.7 Å². The van der Waals surface area contributed by atoms with E-state index in [9.17, 15) is 4.79 Å². The maximum absolute atomic E-state index is 11.9. The molecule has 21 heavy (non-hydrogen) atoms. The van der Waals surface area contributed by atoms with Crippen molar-refractivity contribution in [3.8, 4) is 11.8 Å². The van der Waals surface area contributed by atoms with E-state index in [1.807, 2.05) is 41.9 Å². The topological polar surface area (TPSA) is 49.3 Å². The van der Waals surface area contributed by atoms with Gasteiger partial charge in [0, 0.05) is 17.7 Å². The number of nitrogens with one attached hydrogen (secondary N) is 1. The number of anilines is 1. The molecule has 0 aliphatic rings. The summed E-state index contributed by atoms with van der Waals surface area (Å²) >= 11 is 1.59. The number of carbonyl (C=O) groups excluding carboxylic acids is 1. The first-order valence-electron chi connectivity index (χ1n) is 6.70. The molecule has 3 nitrogen and oxygen atoms in total. The van der Waals surface area contributed by atoms with Crippen LogP contribution in [0.25, 0.3) is 0 Å². The van der Waals surface area contributed by atoms with Gasteiger partial charge in [-0.15, -0.1) is 0 Å². The summed E-state index contributed by atoms with van der Waals surface area (Å²) in [7, 11) is 0. The predicted molar refractivity (Wildman–Crippen MR) is 86.4 cm³/mol. The summed E-state index contributed by atoms with van der Waals surface area (Å²) in [5.74, 6) is 5.88. The van der Waals surface area contributed by atoms with E-state index in [0.717, 1.165) is 22.4 Å². The van der Waals surface area contributed by atoms with Crippen molar-refractivity contribution in [2.75, 3.05) is 11.9 Å². The van der Waals surface area contributed by atoms with Crippen molar-refractivity contribution in [1.82, 2.24) is 0 Å². The molecule has 0 bridgehead atoms. The van der Waals surface area contributed by atoms with Crippen LogP contribution in [-0.4, -0.2) is 17.6 Å². The molecule has 0 atom stereocenters. The quantitative estimate of drug-likeness (QED) is 0.853. The SMILES string of the molecule is Cc1cc(NC(=O)Cc2ccsc2)ccc1C#CCCO. The lowest BCUT2D eigenvalue weighted by atomic mass is 10.1. The maximum atomic E-state index is 11.9. The third-order valence-corrected chi connectivity index (χ3v) is 3.65. The van der Waals surface area contributed by atoms with E-state index in [2.05, 4.69) is 17.2 Å². The van der Waals surface area contributed by atoms with Crippen LogP contribution in [0.1, 0.15) is 23.1 Å². The Kier molecular flexibility index (Phi) is 5.56. The zero-order valence-corrected chi connectivity index (χ0v) is 12.7. The average Bonchev–Trinajstić information content (AvgIpc) is 2.94. The maximum Gasteiger partial charge on any atom is 0.228 e. The van der Waals surface area contributed by atoms with Gasteiger partial charge in [-0.05, 0) is 53.1 Å². The standard InChI is InChI=1S/C17H17NO2S/c1-13-10-16(6-5-15(13)4-2-3-8-19)18-17(20)11-14-7-9-21-12-14/h5-7,9-10,12,19H,3,8,11H2,1H3,(H,18,20). The number of hydrogen-bond donors (Lipinski definition) is 2. The molecular formula is C17H17NO2S. The van der Waals surface area contributed by atoms with E-state index in [0.29, 0.717) is 12.8 Å². The fourth-order valence-corrected chi connectivity index (χ4v) is 2.55. The third kappa shape index (κ3) is 4.75. The summed E-state index contributed by atoms with van der Waals surface area (Å²) in [5.41, 5.74) is 3.73. The zero-order valence-electron chi connectivity index (χ0n) is 11.8. The van der Waals surface area contributed by atoms with Gasteiger partial charge < -0.3 is 10.4 Å². The summed E-state index contributed by atoms with van der Waals surface area (Å²) < 4.78 is 0. The third-order valence-electron chi connectivity index (χ3n) is 2.91. The molecule has 0 aliphatic carbocycles. The summed E-state index contributed by atoms with van der Waals surface area (Å²) in [6.07, 6.45) is 0.860. The highest BCUT2D eigenvalue weighted by Crippen LogP contribution is 2.15. The number of carbonyl (C=O) groups is 1. The number of thiophene rings is 1. The summed E-state index contributed by atoms with van der Waals surface area (Å²) in [4.78, 5) is 11.9. The second kappa shape index (κ2) is 7.63. The van der Waals surface area contributed by atoms with Crippen molar-refractivity contribution in [2.24, 2.45) is 0 Å². The van der Waals surface area contributed by atoms with Gasteiger partial charge in [0.1, 0.15) is 0 Å². The Labute approximate surface area is 128 Å². The van der Waals surface area contributed by atoms with Crippen molar-refractivity contribution < 1.29 is 9.90 Å². The Hall–Kier alpha value is -2.09. The van der Waals surface area contributed by atoms with E-state index < -0.39 is 0 Å². The molecule has 1 aromatic carbocycles. The van der Waals surface area contributed by atoms with Crippen LogP contribution in [0.2, 0.25) is 0 Å². The van der Waals surface area contributed by atoms with E-state index in [1.165, 1.54) is 0 Å². The monoisotopic (exact) mass is 299 g/mol. The molecular weight excluding hydrogens is 282 g/mol. The van der Waals surface area contributed by atoms with Gasteiger partial charge in [0.05, 0.1) is 13.0 Å². The van der Waals surface area contributed by atoms with Crippen LogP contribution in [0.5, 0.6) is 0 Å². The van der Waals surface area contributed by atoms with E-state index in [-0.39, 0.29) is 12.5 Å². The van der Waals surface area contributed by atoms with Crippen molar-refractivity contribution >= 4 is 22.9 Å². The molecule has 108 valence electrons. The Balaban J connectivity index is 2.00. The van der Waals surface area contributed by atoms with Crippen LogP contribution < -0.4 is 5.32 Å². The van der Waals surface area contributed by atoms with Gasteiger partial charge in [-0.1, -0.05) is 11.8 Å². The molecule has 0 unspecified atom stereocenters. The molecule has 2 N–H and O–H groups in total. The highest BCUT2D eigenvalue weighted by atomic mass is 32.1. The minimum absolute atomic E-state index is 0.0214. The second-order valence-corrected chi connectivity index (χ2v) is 5.44. The minimum Gasteiger partial charge on any atom is -0.395 e. The molecule has 0 fully saturated rings. The normalized spacial score (nSPS) is 9.81. The van der Waals surface area contributed by atoms with Crippen LogP contribution in [0.4, 0.5) is 5.69 Å². The van der Waals surface area contributed by atoms with Gasteiger partial charge in [0.15, 0.2) is 0 Å². The van der Waals surface area contributed by atoms with Crippen LogP contribution in [0.15, 0.2) is 35.0 Å². The first kappa shape index (κ1) is 15.3. The lowest BCUT2D eigenvalue weighted by molar-refractivity contribution is -0.115. The first-order chi connectivity index (χ1) is 10.2. The molecule has 1 amide bonds. The number of hydrogen-bond acceptors (Lipinski definition) is 3. The molecule has 0 saturated heterocycles. The van der Waals surface area contributed by atoms with Gasteiger partial charge in [-0.3, -0.25) is 4.79 Å². The van der Waals surface area contributed by atoms with E-state index in [4.69, 9.17) is 5.11 Å². The molecule has 1 aromatic heterocycles. The number of aliphatic hydroxyl groups is 1. The van der Waals surface area contributed by atoms with Crippen LogP contribution in [-0.2, 0) is 11.2 Å². The zero-order chi connectivity index (χ0) is 15.1. The Morgan fingerprint density at radius 1 is 1.38 bits per heavy atom. The van der Waals surface area contributed by atoms with Crippen LogP contribution in [0, 0.1) is 18.8 Å². The molecule has 1 heterocycles. The number of amides is 1. The van der Waals surface area contributed by atoms with Gasteiger partial charge in [-0.2, -0.15) is 11.3 Å². The minimum atomic E-state index is -0.0214. The second-order valence-electron chi connectivity index (χ2n) is 4.66. The molecule has 0 radical (unpaired) electrons. The van der Waals surface area contributed by atoms with Crippen molar-refractivity contribution in [3.63, 3.8) is 0 Å². The Morgan fingerprint density at radius 2 is 2.24 bits per heavy atom. The van der Waals surface area contributed by atoms with Crippen LogP contribution in [0.3, 0.4) is 0 Å². The first-order valence-corrected chi connectivity index (χ1v) is 7.64. The Morgan fingerprint density at radius 3 is 2.90 bits per heavy atom. The fraction of sp³-hybridized carbons (Fsp3) is 0.235. The largest absolute Gasteiger partial charge is 0.395 e.